The monoisotopic (exact) mass is 428 g/mol. The largest absolute Gasteiger partial charge is 2.00 e. The SMILES string of the molecule is CC(=O)c1n[nH][c-]c1O.[CH3-].[CH3-].[W+2].[Y]. The van der Waals surface area contributed by atoms with Crippen molar-refractivity contribution < 1.29 is 63.7 Å². The van der Waals surface area contributed by atoms with Gasteiger partial charge in [0.25, 0.3) is 0 Å². The molecule has 0 unspecified atom stereocenters. The molecule has 1 radical (unpaired) electrons. The van der Waals surface area contributed by atoms with Gasteiger partial charge in [-0.25, -0.2) is 0 Å². The van der Waals surface area contributed by atoms with Crippen LogP contribution in [0.15, 0.2) is 0 Å². The van der Waals surface area contributed by atoms with Gasteiger partial charge in [-0.1, -0.05) is 0 Å². The number of carbonyl (C=O) groups excluding carboxylic acids is 1. The number of ketones is 1. The second kappa shape index (κ2) is 10.6. The van der Waals surface area contributed by atoms with Crippen molar-refractivity contribution in [2.24, 2.45) is 0 Å². The zero-order chi connectivity index (χ0) is 6.85. The van der Waals surface area contributed by atoms with Crippen LogP contribution in [0.2, 0.25) is 0 Å². The van der Waals surface area contributed by atoms with E-state index in [2.05, 4.69) is 16.4 Å². The van der Waals surface area contributed by atoms with Gasteiger partial charge >= 0.3 is 21.1 Å². The van der Waals surface area contributed by atoms with Crippen LogP contribution in [0.25, 0.3) is 0 Å². The molecule has 0 atom stereocenters. The van der Waals surface area contributed by atoms with Gasteiger partial charge in [-0.05, 0) is 12.7 Å². The Kier molecular flexibility index (Phi) is 19.0. The molecule has 1 heterocycles. The Balaban J connectivity index is -0.000000101. The average molecular weight is 428 g/mol. The third-order valence-corrected chi connectivity index (χ3v) is 0.900. The molecule has 71 valence electrons. The quantitative estimate of drug-likeness (QED) is 0.519. The van der Waals surface area contributed by atoms with Gasteiger partial charge in [0.1, 0.15) is 5.78 Å². The van der Waals surface area contributed by atoms with Crippen molar-refractivity contribution in [1.29, 1.82) is 0 Å². The van der Waals surface area contributed by atoms with Gasteiger partial charge in [0.15, 0.2) is 0 Å². The molecular weight excluding hydrogens is 417 g/mol. The maximum atomic E-state index is 10.5. The molecule has 1 aromatic heterocycles. The minimum Gasteiger partial charge on any atom is -0.542 e. The average Bonchev–Trinajstić information content (AvgIpc) is 2.13. The van der Waals surface area contributed by atoms with Gasteiger partial charge < -0.3 is 29.9 Å². The molecule has 0 aliphatic rings. The number of aromatic amines is 1. The fourth-order valence-electron chi connectivity index (χ4n) is 0.494. The van der Waals surface area contributed by atoms with E-state index >= 15 is 0 Å². The van der Waals surface area contributed by atoms with Crippen LogP contribution in [0, 0.1) is 21.1 Å². The summed E-state index contributed by atoms with van der Waals surface area (Å²) in [4.78, 5) is 10.5. The van der Waals surface area contributed by atoms with E-state index in [9.17, 15) is 4.79 Å². The molecule has 1 aromatic rings. The molecule has 0 aromatic carbocycles. The van der Waals surface area contributed by atoms with Crippen molar-refractivity contribution in [3.8, 4) is 5.75 Å². The van der Waals surface area contributed by atoms with Gasteiger partial charge in [-0.15, -0.1) is 6.20 Å². The summed E-state index contributed by atoms with van der Waals surface area (Å²) in [6, 6.07) is 0. The predicted molar refractivity (Wildman–Crippen MR) is 41.9 cm³/mol. The van der Waals surface area contributed by atoms with E-state index in [0.29, 0.717) is 0 Å². The smallest absolute Gasteiger partial charge is 0.542 e. The van der Waals surface area contributed by atoms with Crippen LogP contribution < -0.4 is 0 Å². The number of Topliss-reactive ketones (excluding diaryl/α,β-unsaturated/α-hetero) is 1. The van der Waals surface area contributed by atoms with Gasteiger partial charge in [0, 0.05) is 38.4 Å². The van der Waals surface area contributed by atoms with E-state index in [-0.39, 0.29) is 85.9 Å². The fraction of sp³-hybridized carbons (Fsp3) is 0.143. The zero-order valence-electron chi connectivity index (χ0n) is 7.79. The van der Waals surface area contributed by atoms with E-state index in [4.69, 9.17) is 5.11 Å². The summed E-state index contributed by atoms with van der Waals surface area (Å²) < 4.78 is 0. The van der Waals surface area contributed by atoms with E-state index < -0.39 is 0 Å². The van der Waals surface area contributed by atoms with Crippen molar-refractivity contribution in [2.75, 3.05) is 0 Å². The Hall–Kier alpha value is 0.472. The summed E-state index contributed by atoms with van der Waals surface area (Å²) in [5.74, 6) is -0.493. The first-order chi connectivity index (χ1) is 4.22. The van der Waals surface area contributed by atoms with Crippen LogP contribution in [-0.4, -0.2) is 21.1 Å². The number of aromatic nitrogens is 2. The number of hydrogen-bond acceptors (Lipinski definition) is 3. The first-order valence-corrected chi connectivity index (χ1v) is 2.37. The molecule has 1 rings (SSSR count). The molecular formula is C7H11N2O2WY-. The standard InChI is InChI=1S/C5H5N2O2.2CH3.W.Y/c1-3(8)5-4(9)2-6-7-5;;;;/h9H,1H3,(H,6,7);2*1H3;;/q3*-1;+2;. The number of nitrogens with zero attached hydrogens (tertiary/aromatic N) is 1. The van der Waals surface area contributed by atoms with Gasteiger partial charge in [-0.3, -0.25) is 5.10 Å². The number of nitrogens with one attached hydrogen (secondary N) is 1. The molecule has 2 N–H and O–H groups in total. The Morgan fingerprint density at radius 1 is 1.54 bits per heavy atom. The van der Waals surface area contributed by atoms with Crippen LogP contribution in [0.3, 0.4) is 0 Å². The van der Waals surface area contributed by atoms with Crippen molar-refractivity contribution in [3.63, 3.8) is 0 Å². The van der Waals surface area contributed by atoms with Crippen LogP contribution in [0.5, 0.6) is 5.75 Å². The third-order valence-electron chi connectivity index (χ3n) is 0.900. The van der Waals surface area contributed by atoms with Crippen LogP contribution in [0.1, 0.15) is 17.4 Å². The Bertz CT molecular complexity index is 240. The minimum atomic E-state index is -0.273. The molecule has 4 nitrogen and oxygen atoms in total. The van der Waals surface area contributed by atoms with E-state index in [1.54, 1.807) is 0 Å². The predicted octanol–water partition coefficient (Wildman–Crippen LogP) is 1.01. The summed E-state index contributed by atoms with van der Waals surface area (Å²) in [5, 5.41) is 14.4. The van der Waals surface area contributed by atoms with Crippen molar-refractivity contribution in [2.45, 2.75) is 6.92 Å². The van der Waals surface area contributed by atoms with Gasteiger partial charge in [0.2, 0.25) is 0 Å². The molecule has 0 aliphatic carbocycles. The number of hydrogen-bond donors (Lipinski definition) is 2. The Morgan fingerprint density at radius 2 is 2.00 bits per heavy atom. The van der Waals surface area contributed by atoms with E-state index in [1.165, 1.54) is 6.92 Å². The Labute approximate surface area is 118 Å². The molecule has 0 amide bonds. The number of H-pyrrole nitrogens is 1. The van der Waals surface area contributed by atoms with Gasteiger partial charge in [0.05, 0.1) is 0 Å². The normalized spacial score (nSPS) is 6.54. The first kappa shape index (κ1) is 23.4. The Morgan fingerprint density at radius 3 is 2.15 bits per heavy atom. The second-order valence-electron chi connectivity index (χ2n) is 1.60. The molecule has 0 spiro atoms. The maximum absolute atomic E-state index is 10.5. The summed E-state index contributed by atoms with van der Waals surface area (Å²) in [5.41, 5.74) is 0.0370. The summed E-state index contributed by atoms with van der Waals surface area (Å²) >= 11 is 0. The number of rotatable bonds is 1. The molecule has 0 fully saturated rings. The molecule has 6 heteroatoms. The van der Waals surface area contributed by atoms with Gasteiger partial charge in [-0.2, -0.15) is 0 Å². The topological polar surface area (TPSA) is 66.0 Å². The van der Waals surface area contributed by atoms with Crippen LogP contribution in [0.4, 0.5) is 0 Å². The summed E-state index contributed by atoms with van der Waals surface area (Å²) in [6.45, 7) is 1.32. The maximum Gasteiger partial charge on any atom is 2.00 e. The fourth-order valence-corrected chi connectivity index (χ4v) is 0.494. The zero-order valence-corrected chi connectivity index (χ0v) is 13.6. The molecule has 13 heavy (non-hydrogen) atoms. The second-order valence-corrected chi connectivity index (χ2v) is 1.60. The summed E-state index contributed by atoms with van der Waals surface area (Å²) in [6.07, 6.45) is 2.25. The van der Waals surface area contributed by atoms with Crippen LogP contribution in [-0.2, 0) is 53.8 Å². The van der Waals surface area contributed by atoms with E-state index in [1.807, 2.05) is 0 Å². The molecule has 0 saturated carbocycles. The van der Waals surface area contributed by atoms with Crippen molar-refractivity contribution in [3.05, 3.63) is 26.7 Å². The minimum absolute atomic E-state index is 0. The van der Waals surface area contributed by atoms with Crippen molar-refractivity contribution >= 4 is 5.78 Å². The molecule has 0 saturated heterocycles. The van der Waals surface area contributed by atoms with Crippen LogP contribution >= 0.6 is 0 Å². The number of carbonyl (C=O) groups is 1. The summed E-state index contributed by atoms with van der Waals surface area (Å²) in [7, 11) is 0. The molecule has 0 aliphatic heterocycles. The van der Waals surface area contributed by atoms with Crippen molar-refractivity contribution in [1.82, 2.24) is 10.2 Å². The first-order valence-electron chi connectivity index (χ1n) is 2.37. The van der Waals surface area contributed by atoms with E-state index in [0.717, 1.165) is 0 Å². The number of aromatic hydroxyl groups is 1. The third kappa shape index (κ3) is 6.53. The molecule has 0 bridgehead atoms.